The number of carbonyl (C=O) groups excluding carboxylic acids is 1. The number of carbonyl (C=O) groups is 1. The molecular weight excluding hydrogens is 326 g/mol. The van der Waals surface area contributed by atoms with E-state index in [4.69, 9.17) is 15.2 Å². The summed E-state index contributed by atoms with van der Waals surface area (Å²) in [5.41, 5.74) is 9.52. The Morgan fingerprint density at radius 1 is 1.17 bits per heavy atom. The van der Waals surface area contributed by atoms with E-state index in [9.17, 15) is 4.79 Å². The third-order valence-corrected chi connectivity index (χ3v) is 4.43. The lowest BCUT2D eigenvalue weighted by molar-refractivity contribution is 0.0912. The van der Waals surface area contributed by atoms with E-state index in [0.717, 1.165) is 46.7 Å². The highest BCUT2D eigenvalue weighted by Gasteiger charge is 2.25. The van der Waals surface area contributed by atoms with Crippen LogP contribution in [0, 0.1) is 5.92 Å². The van der Waals surface area contributed by atoms with Gasteiger partial charge in [0.05, 0.1) is 12.7 Å². The van der Waals surface area contributed by atoms with Crippen LogP contribution in [-0.4, -0.2) is 12.9 Å². The number of anilines is 1. The fourth-order valence-corrected chi connectivity index (χ4v) is 2.94. The molecule has 1 atom stereocenters. The van der Waals surface area contributed by atoms with Crippen LogP contribution in [0.15, 0.2) is 36.4 Å². The quantitative estimate of drug-likeness (QED) is 0.791. The van der Waals surface area contributed by atoms with Gasteiger partial charge in [0, 0.05) is 22.7 Å². The molecular formula is C19H22ClNO3. The molecule has 0 amide bonds. The van der Waals surface area contributed by atoms with Gasteiger partial charge in [0.2, 0.25) is 0 Å². The minimum atomic E-state index is 0. The largest absolute Gasteiger partial charge is 0.496 e. The Kier molecular flexibility index (Phi) is 5.73. The molecule has 0 bridgehead atoms. The minimum Gasteiger partial charge on any atom is -0.496 e. The predicted octanol–water partition coefficient (Wildman–Crippen LogP) is 4.04. The average Bonchev–Trinajstić information content (AvgIpc) is 2.53. The van der Waals surface area contributed by atoms with Gasteiger partial charge >= 0.3 is 0 Å². The molecule has 1 unspecified atom stereocenters. The van der Waals surface area contributed by atoms with Crippen LogP contribution >= 0.6 is 12.4 Å². The number of nitrogen functional groups attached to an aromatic ring is 1. The van der Waals surface area contributed by atoms with Crippen molar-refractivity contribution in [2.75, 3.05) is 12.8 Å². The molecule has 24 heavy (non-hydrogen) atoms. The molecule has 0 saturated heterocycles. The Morgan fingerprint density at radius 2 is 1.92 bits per heavy atom. The van der Waals surface area contributed by atoms with E-state index in [1.54, 1.807) is 7.11 Å². The lowest BCUT2D eigenvalue weighted by Crippen LogP contribution is -2.20. The van der Waals surface area contributed by atoms with E-state index in [-0.39, 0.29) is 24.1 Å². The molecule has 5 heteroatoms. The SMILES string of the molecule is COc1cccc2c1CCC(C)C2=O.Cl.Nc1cccc2c1CO2. The number of benzene rings is 2. The Bertz CT molecular complexity index is 731. The summed E-state index contributed by atoms with van der Waals surface area (Å²) in [6, 6.07) is 11.4. The average molecular weight is 348 g/mol. The van der Waals surface area contributed by atoms with Crippen LogP contribution in [0.4, 0.5) is 5.69 Å². The van der Waals surface area contributed by atoms with Crippen LogP contribution in [-0.2, 0) is 13.0 Å². The van der Waals surface area contributed by atoms with Gasteiger partial charge in [-0.1, -0.05) is 25.1 Å². The van der Waals surface area contributed by atoms with Crippen molar-refractivity contribution in [2.24, 2.45) is 5.92 Å². The van der Waals surface area contributed by atoms with Gasteiger partial charge in [-0.2, -0.15) is 0 Å². The zero-order valence-corrected chi connectivity index (χ0v) is 14.7. The van der Waals surface area contributed by atoms with Crippen LogP contribution in [0.5, 0.6) is 11.5 Å². The zero-order valence-electron chi connectivity index (χ0n) is 13.9. The maximum Gasteiger partial charge on any atom is 0.166 e. The Balaban J connectivity index is 0.000000181. The summed E-state index contributed by atoms with van der Waals surface area (Å²) in [6.45, 7) is 2.67. The number of rotatable bonds is 1. The molecule has 0 aromatic heterocycles. The number of hydrogen-bond acceptors (Lipinski definition) is 4. The molecule has 2 N–H and O–H groups in total. The Morgan fingerprint density at radius 3 is 2.50 bits per heavy atom. The topological polar surface area (TPSA) is 61.5 Å². The Hall–Kier alpha value is -2.20. The minimum absolute atomic E-state index is 0. The number of ether oxygens (including phenoxy) is 2. The van der Waals surface area contributed by atoms with Gasteiger partial charge in [0.15, 0.2) is 5.78 Å². The lowest BCUT2D eigenvalue weighted by atomic mass is 9.83. The predicted molar refractivity (Wildman–Crippen MR) is 97.2 cm³/mol. The van der Waals surface area contributed by atoms with Crippen molar-refractivity contribution in [2.45, 2.75) is 26.4 Å². The van der Waals surface area contributed by atoms with Crippen LogP contribution in [0.3, 0.4) is 0 Å². The molecule has 1 aliphatic carbocycles. The highest BCUT2D eigenvalue weighted by Crippen LogP contribution is 2.33. The summed E-state index contributed by atoms with van der Waals surface area (Å²) in [5, 5.41) is 0. The van der Waals surface area contributed by atoms with E-state index in [2.05, 4.69) is 0 Å². The van der Waals surface area contributed by atoms with Crippen molar-refractivity contribution in [1.29, 1.82) is 0 Å². The van der Waals surface area contributed by atoms with Gasteiger partial charge in [-0.25, -0.2) is 0 Å². The number of ketones is 1. The van der Waals surface area contributed by atoms with Gasteiger partial charge in [-0.3, -0.25) is 4.79 Å². The van der Waals surface area contributed by atoms with Crippen molar-refractivity contribution in [3.8, 4) is 11.5 Å². The molecule has 0 fully saturated rings. The van der Waals surface area contributed by atoms with E-state index in [1.165, 1.54) is 0 Å². The van der Waals surface area contributed by atoms with Gasteiger partial charge in [0.1, 0.15) is 18.1 Å². The normalized spacial score (nSPS) is 16.9. The molecule has 2 aliphatic rings. The van der Waals surface area contributed by atoms with Crippen molar-refractivity contribution in [3.63, 3.8) is 0 Å². The summed E-state index contributed by atoms with van der Waals surface area (Å²) >= 11 is 0. The van der Waals surface area contributed by atoms with Crippen LogP contribution in [0.2, 0.25) is 0 Å². The van der Waals surface area contributed by atoms with Gasteiger partial charge in [0.25, 0.3) is 0 Å². The maximum atomic E-state index is 11.8. The third kappa shape index (κ3) is 3.34. The first-order valence-corrected chi connectivity index (χ1v) is 7.82. The van der Waals surface area contributed by atoms with Crippen molar-refractivity contribution < 1.29 is 14.3 Å². The van der Waals surface area contributed by atoms with Crippen LogP contribution < -0.4 is 15.2 Å². The standard InChI is InChI=1S/C12H14O2.C7H7NO.ClH/c1-8-6-7-9-10(12(8)13)4-3-5-11(9)14-2;8-6-2-1-3-7-5(6)4-9-7;/h3-5,8H,6-7H2,1-2H3;1-3H,4,8H2;1H. The monoisotopic (exact) mass is 347 g/mol. The molecule has 128 valence electrons. The fraction of sp³-hybridized carbons (Fsp3) is 0.316. The molecule has 1 heterocycles. The zero-order chi connectivity index (χ0) is 16.4. The van der Waals surface area contributed by atoms with E-state index in [1.807, 2.05) is 43.3 Å². The van der Waals surface area contributed by atoms with E-state index >= 15 is 0 Å². The molecule has 4 nitrogen and oxygen atoms in total. The van der Waals surface area contributed by atoms with Crippen LogP contribution in [0.1, 0.15) is 34.8 Å². The van der Waals surface area contributed by atoms with Crippen LogP contribution in [0.25, 0.3) is 0 Å². The van der Waals surface area contributed by atoms with Gasteiger partial charge in [-0.15, -0.1) is 12.4 Å². The molecule has 0 radical (unpaired) electrons. The highest BCUT2D eigenvalue weighted by molar-refractivity contribution is 6.00. The summed E-state index contributed by atoms with van der Waals surface area (Å²) in [6.07, 6.45) is 1.89. The molecule has 2 aromatic carbocycles. The number of methoxy groups -OCH3 is 1. The first kappa shape index (κ1) is 18.1. The number of fused-ring (bicyclic) bond motifs is 2. The maximum absolute atomic E-state index is 11.8. The second kappa shape index (κ2) is 7.58. The smallest absolute Gasteiger partial charge is 0.166 e. The molecule has 2 aromatic rings. The molecule has 0 saturated carbocycles. The second-order valence-corrected chi connectivity index (χ2v) is 5.90. The van der Waals surface area contributed by atoms with Crippen molar-refractivity contribution >= 4 is 23.9 Å². The third-order valence-electron chi connectivity index (χ3n) is 4.43. The van der Waals surface area contributed by atoms with Crippen molar-refractivity contribution in [3.05, 3.63) is 53.1 Å². The van der Waals surface area contributed by atoms with Gasteiger partial charge < -0.3 is 15.2 Å². The summed E-state index contributed by atoms with van der Waals surface area (Å²) in [4.78, 5) is 11.8. The summed E-state index contributed by atoms with van der Waals surface area (Å²) in [7, 11) is 1.65. The number of Topliss-reactive ketones (excluding diaryl/α,β-unsaturated/α-hetero) is 1. The molecule has 0 spiro atoms. The second-order valence-electron chi connectivity index (χ2n) is 5.90. The first-order chi connectivity index (χ1) is 11.1. The number of hydrogen-bond donors (Lipinski definition) is 1. The highest BCUT2D eigenvalue weighted by atomic mass is 35.5. The molecule has 1 aliphatic heterocycles. The van der Waals surface area contributed by atoms with Gasteiger partial charge in [-0.05, 0) is 31.0 Å². The number of halogens is 1. The summed E-state index contributed by atoms with van der Waals surface area (Å²) in [5.74, 6) is 2.21. The first-order valence-electron chi connectivity index (χ1n) is 7.82. The lowest BCUT2D eigenvalue weighted by Gasteiger charge is -2.21. The fourth-order valence-electron chi connectivity index (χ4n) is 2.94. The van der Waals surface area contributed by atoms with E-state index in [0.29, 0.717) is 6.61 Å². The molecule has 4 rings (SSSR count). The van der Waals surface area contributed by atoms with Crippen molar-refractivity contribution in [1.82, 2.24) is 0 Å². The summed E-state index contributed by atoms with van der Waals surface area (Å²) < 4.78 is 10.3. The Labute approximate surface area is 148 Å². The number of nitrogens with two attached hydrogens (primary N) is 1. The van der Waals surface area contributed by atoms with E-state index < -0.39 is 0 Å².